The van der Waals surface area contributed by atoms with Crippen LogP contribution in [0.4, 0.5) is 0 Å². The van der Waals surface area contributed by atoms with E-state index in [0.717, 1.165) is 12.5 Å². The topological polar surface area (TPSA) is 15.3 Å². The van der Waals surface area contributed by atoms with Crippen LogP contribution in [0.15, 0.2) is 16.8 Å². The third-order valence-corrected chi connectivity index (χ3v) is 3.91. The molecule has 0 unspecified atom stereocenters. The molecule has 1 aliphatic rings. The normalized spacial score (nSPS) is 19.5. The molecule has 2 heterocycles. The lowest BCUT2D eigenvalue weighted by atomic mass is 9.97. The van der Waals surface area contributed by atoms with Crippen LogP contribution in [0.2, 0.25) is 0 Å². The molecule has 1 N–H and O–H groups in total. The molecule has 0 aromatic carbocycles. The second-order valence-corrected chi connectivity index (χ2v) is 5.29. The number of thiophene rings is 1. The highest BCUT2D eigenvalue weighted by molar-refractivity contribution is 7.07. The summed E-state index contributed by atoms with van der Waals surface area (Å²) in [7, 11) is 2.22. The van der Waals surface area contributed by atoms with E-state index in [1.165, 1.54) is 38.0 Å². The predicted molar refractivity (Wildman–Crippen MR) is 66.2 cm³/mol. The zero-order valence-electron chi connectivity index (χ0n) is 9.41. The van der Waals surface area contributed by atoms with Gasteiger partial charge in [0.2, 0.25) is 0 Å². The second-order valence-electron chi connectivity index (χ2n) is 4.51. The highest BCUT2D eigenvalue weighted by atomic mass is 32.1. The van der Waals surface area contributed by atoms with Crippen molar-refractivity contribution in [3.05, 3.63) is 22.4 Å². The SMILES string of the molecule is CN1CCC(CNCc2ccsc2)CC1. The summed E-state index contributed by atoms with van der Waals surface area (Å²) < 4.78 is 0. The average molecular weight is 224 g/mol. The first-order chi connectivity index (χ1) is 7.34. The number of nitrogens with zero attached hydrogens (tertiary/aromatic N) is 1. The highest BCUT2D eigenvalue weighted by Gasteiger charge is 2.15. The molecule has 3 heteroatoms. The maximum atomic E-state index is 3.56. The Bertz CT molecular complexity index is 263. The summed E-state index contributed by atoms with van der Waals surface area (Å²) in [5, 5.41) is 7.93. The van der Waals surface area contributed by atoms with E-state index in [9.17, 15) is 0 Å². The molecule has 0 saturated carbocycles. The highest BCUT2D eigenvalue weighted by Crippen LogP contribution is 2.15. The number of likely N-dealkylation sites (tertiary alicyclic amines) is 1. The van der Waals surface area contributed by atoms with Crippen LogP contribution >= 0.6 is 11.3 Å². The van der Waals surface area contributed by atoms with Gasteiger partial charge in [0, 0.05) is 6.54 Å². The largest absolute Gasteiger partial charge is 0.312 e. The molecule has 15 heavy (non-hydrogen) atoms. The van der Waals surface area contributed by atoms with Gasteiger partial charge in [0.25, 0.3) is 0 Å². The molecule has 1 aliphatic heterocycles. The average Bonchev–Trinajstić information content (AvgIpc) is 2.74. The summed E-state index contributed by atoms with van der Waals surface area (Å²) in [6, 6.07) is 2.20. The van der Waals surface area contributed by atoms with E-state index < -0.39 is 0 Å². The smallest absolute Gasteiger partial charge is 0.0213 e. The number of rotatable bonds is 4. The molecule has 0 aliphatic carbocycles. The zero-order valence-corrected chi connectivity index (χ0v) is 10.2. The van der Waals surface area contributed by atoms with E-state index in [-0.39, 0.29) is 0 Å². The number of hydrogen-bond donors (Lipinski definition) is 1. The molecule has 2 nitrogen and oxygen atoms in total. The van der Waals surface area contributed by atoms with Gasteiger partial charge in [-0.1, -0.05) is 0 Å². The van der Waals surface area contributed by atoms with E-state index in [1.807, 2.05) is 0 Å². The lowest BCUT2D eigenvalue weighted by Gasteiger charge is -2.29. The molecule has 0 atom stereocenters. The van der Waals surface area contributed by atoms with Crippen molar-refractivity contribution in [1.82, 2.24) is 10.2 Å². The van der Waals surface area contributed by atoms with Gasteiger partial charge in [-0.25, -0.2) is 0 Å². The zero-order chi connectivity index (χ0) is 10.5. The molecule has 2 rings (SSSR count). The maximum absolute atomic E-state index is 3.56. The molecule has 0 bridgehead atoms. The van der Waals surface area contributed by atoms with Crippen molar-refractivity contribution in [1.29, 1.82) is 0 Å². The van der Waals surface area contributed by atoms with Gasteiger partial charge in [-0.3, -0.25) is 0 Å². The van der Waals surface area contributed by atoms with Gasteiger partial charge < -0.3 is 10.2 Å². The van der Waals surface area contributed by atoms with Crippen LogP contribution in [0, 0.1) is 5.92 Å². The van der Waals surface area contributed by atoms with Gasteiger partial charge in [0.1, 0.15) is 0 Å². The summed E-state index contributed by atoms with van der Waals surface area (Å²) >= 11 is 1.78. The fourth-order valence-electron chi connectivity index (χ4n) is 2.08. The van der Waals surface area contributed by atoms with Crippen molar-refractivity contribution in [3.63, 3.8) is 0 Å². The van der Waals surface area contributed by atoms with Crippen molar-refractivity contribution in [2.75, 3.05) is 26.7 Å². The Kier molecular flexibility index (Phi) is 4.18. The number of nitrogens with one attached hydrogen (secondary N) is 1. The van der Waals surface area contributed by atoms with E-state index in [1.54, 1.807) is 11.3 Å². The first-order valence-corrected chi connectivity index (χ1v) is 6.69. The van der Waals surface area contributed by atoms with Crippen LogP contribution in [-0.2, 0) is 6.54 Å². The van der Waals surface area contributed by atoms with Gasteiger partial charge >= 0.3 is 0 Å². The lowest BCUT2D eigenvalue weighted by Crippen LogP contribution is -2.34. The minimum absolute atomic E-state index is 0.889. The Morgan fingerprint density at radius 2 is 2.27 bits per heavy atom. The fourth-order valence-corrected chi connectivity index (χ4v) is 2.75. The minimum Gasteiger partial charge on any atom is -0.312 e. The van der Waals surface area contributed by atoms with Crippen LogP contribution in [0.25, 0.3) is 0 Å². The summed E-state index contributed by atoms with van der Waals surface area (Å²) in [6.45, 7) is 4.76. The van der Waals surface area contributed by atoms with Crippen molar-refractivity contribution in [3.8, 4) is 0 Å². The fraction of sp³-hybridized carbons (Fsp3) is 0.667. The van der Waals surface area contributed by atoms with E-state index >= 15 is 0 Å². The number of hydrogen-bond acceptors (Lipinski definition) is 3. The molecule has 1 saturated heterocycles. The van der Waals surface area contributed by atoms with E-state index in [2.05, 4.69) is 34.1 Å². The minimum atomic E-state index is 0.889. The summed E-state index contributed by atoms with van der Waals surface area (Å²) in [5.74, 6) is 0.889. The molecule has 1 aromatic heterocycles. The van der Waals surface area contributed by atoms with Gasteiger partial charge in [-0.2, -0.15) is 11.3 Å². The number of piperidine rings is 1. The summed E-state index contributed by atoms with van der Waals surface area (Å²) in [4.78, 5) is 2.43. The molecule has 0 spiro atoms. The Morgan fingerprint density at radius 3 is 2.93 bits per heavy atom. The molecule has 1 aromatic rings. The first kappa shape index (κ1) is 11.1. The van der Waals surface area contributed by atoms with Crippen LogP contribution in [0.1, 0.15) is 18.4 Å². The summed E-state index contributed by atoms with van der Waals surface area (Å²) in [6.07, 6.45) is 2.71. The van der Waals surface area contributed by atoms with E-state index in [4.69, 9.17) is 0 Å². The van der Waals surface area contributed by atoms with Crippen LogP contribution in [0.3, 0.4) is 0 Å². The van der Waals surface area contributed by atoms with Gasteiger partial charge in [0.05, 0.1) is 0 Å². The van der Waals surface area contributed by atoms with Crippen molar-refractivity contribution in [2.24, 2.45) is 5.92 Å². The third-order valence-electron chi connectivity index (χ3n) is 3.18. The Morgan fingerprint density at radius 1 is 1.47 bits per heavy atom. The Labute approximate surface area is 96.3 Å². The molecule has 0 amide bonds. The van der Waals surface area contributed by atoms with Crippen LogP contribution < -0.4 is 5.32 Å². The standard InChI is InChI=1S/C12H20N2S/c1-14-5-2-11(3-6-14)8-13-9-12-4-7-15-10-12/h4,7,10-11,13H,2-3,5-6,8-9H2,1H3. The molecule has 84 valence electrons. The Balaban J connectivity index is 1.62. The van der Waals surface area contributed by atoms with Gasteiger partial charge in [0.15, 0.2) is 0 Å². The maximum Gasteiger partial charge on any atom is 0.0213 e. The monoisotopic (exact) mass is 224 g/mol. The second kappa shape index (κ2) is 5.64. The quantitative estimate of drug-likeness (QED) is 0.843. The molecule has 1 fully saturated rings. The van der Waals surface area contributed by atoms with Crippen LogP contribution in [-0.4, -0.2) is 31.6 Å². The summed E-state index contributed by atoms with van der Waals surface area (Å²) in [5.41, 5.74) is 1.42. The Hall–Kier alpha value is -0.380. The van der Waals surface area contributed by atoms with Gasteiger partial charge in [-0.05, 0) is 67.8 Å². The third kappa shape index (κ3) is 3.59. The van der Waals surface area contributed by atoms with Crippen molar-refractivity contribution < 1.29 is 0 Å². The van der Waals surface area contributed by atoms with Crippen molar-refractivity contribution >= 4 is 11.3 Å². The van der Waals surface area contributed by atoms with Gasteiger partial charge in [-0.15, -0.1) is 0 Å². The first-order valence-electron chi connectivity index (χ1n) is 5.75. The molecular formula is C12H20N2S. The molecular weight excluding hydrogens is 204 g/mol. The lowest BCUT2D eigenvalue weighted by molar-refractivity contribution is 0.216. The van der Waals surface area contributed by atoms with E-state index in [0.29, 0.717) is 0 Å². The van der Waals surface area contributed by atoms with Crippen molar-refractivity contribution in [2.45, 2.75) is 19.4 Å². The van der Waals surface area contributed by atoms with Crippen LogP contribution in [0.5, 0.6) is 0 Å². The molecule has 0 radical (unpaired) electrons. The predicted octanol–water partition coefficient (Wildman–Crippen LogP) is 2.18.